The topological polar surface area (TPSA) is 88.4 Å². The van der Waals surface area contributed by atoms with E-state index >= 15 is 0 Å². The zero-order valence-corrected chi connectivity index (χ0v) is 15.2. The number of amides is 1. The van der Waals surface area contributed by atoms with E-state index in [1.165, 1.54) is 7.11 Å². The van der Waals surface area contributed by atoms with Gasteiger partial charge < -0.3 is 10.5 Å². The van der Waals surface area contributed by atoms with Gasteiger partial charge in [-0.25, -0.2) is 4.98 Å². The molecule has 2 aromatic carbocycles. The van der Waals surface area contributed by atoms with E-state index in [0.717, 1.165) is 10.3 Å². The van der Waals surface area contributed by atoms with Crippen molar-refractivity contribution in [3.8, 4) is 11.4 Å². The van der Waals surface area contributed by atoms with Gasteiger partial charge in [0.25, 0.3) is 0 Å². The van der Waals surface area contributed by atoms with Crippen molar-refractivity contribution in [2.24, 2.45) is 5.41 Å². The zero-order chi connectivity index (χ0) is 18.9. The molecular formula is C19H22N4O3. The van der Waals surface area contributed by atoms with Gasteiger partial charge in [0.1, 0.15) is 5.52 Å². The predicted molar refractivity (Wildman–Crippen MR) is 101 cm³/mol. The first-order chi connectivity index (χ1) is 12.3. The number of benzene rings is 2. The summed E-state index contributed by atoms with van der Waals surface area (Å²) >= 11 is 0. The summed E-state index contributed by atoms with van der Waals surface area (Å²) in [7, 11) is 1.52. The standard InChI is InChI=1S/C19H22N4O3/c1-19(2,3)18(24)20-13-7-5-12(6-8-13)17-21-15-10-9-14(22-26-4)11-16(15)23(17)25/h5-11,22,25H,1-4H3,(H,20,24). The van der Waals surface area contributed by atoms with Gasteiger partial charge in [-0.1, -0.05) is 20.8 Å². The molecule has 7 heteroatoms. The fourth-order valence-corrected chi connectivity index (χ4v) is 2.45. The van der Waals surface area contributed by atoms with Crippen LogP contribution in [0.25, 0.3) is 22.4 Å². The van der Waals surface area contributed by atoms with Gasteiger partial charge in [-0.2, -0.15) is 4.73 Å². The van der Waals surface area contributed by atoms with Crippen LogP contribution in [0.5, 0.6) is 0 Å². The molecule has 0 atom stereocenters. The van der Waals surface area contributed by atoms with Crippen molar-refractivity contribution in [2.75, 3.05) is 17.9 Å². The molecule has 0 aliphatic heterocycles. The van der Waals surface area contributed by atoms with Crippen molar-refractivity contribution >= 4 is 28.3 Å². The Kier molecular flexibility index (Phi) is 4.56. The molecule has 0 fully saturated rings. The largest absolute Gasteiger partial charge is 0.426 e. The molecule has 1 heterocycles. The Labute approximate surface area is 151 Å². The fourth-order valence-electron chi connectivity index (χ4n) is 2.45. The Morgan fingerprint density at radius 2 is 1.77 bits per heavy atom. The molecule has 7 nitrogen and oxygen atoms in total. The minimum Gasteiger partial charge on any atom is -0.426 e. The minimum atomic E-state index is -0.467. The van der Waals surface area contributed by atoms with Gasteiger partial charge in [-0.15, -0.1) is 0 Å². The number of anilines is 2. The second-order valence-electron chi connectivity index (χ2n) is 7.04. The number of carbonyl (C=O) groups is 1. The van der Waals surface area contributed by atoms with Crippen molar-refractivity contribution < 1.29 is 14.8 Å². The van der Waals surface area contributed by atoms with Crippen LogP contribution in [0.15, 0.2) is 42.5 Å². The van der Waals surface area contributed by atoms with Crippen LogP contribution in [0.2, 0.25) is 0 Å². The van der Waals surface area contributed by atoms with Crippen molar-refractivity contribution in [3.63, 3.8) is 0 Å². The summed E-state index contributed by atoms with van der Waals surface area (Å²) in [6.45, 7) is 5.58. The fraction of sp³-hybridized carbons (Fsp3) is 0.263. The maximum absolute atomic E-state index is 12.1. The Bertz CT molecular complexity index is 940. The average molecular weight is 354 g/mol. The Balaban J connectivity index is 1.89. The first-order valence-electron chi connectivity index (χ1n) is 8.22. The molecule has 1 aromatic heterocycles. The summed E-state index contributed by atoms with van der Waals surface area (Å²) in [4.78, 5) is 21.4. The third-order valence-corrected chi connectivity index (χ3v) is 3.93. The molecule has 0 saturated heterocycles. The summed E-state index contributed by atoms with van der Waals surface area (Å²) in [5.74, 6) is 0.362. The summed E-state index contributed by atoms with van der Waals surface area (Å²) < 4.78 is 1.04. The lowest BCUT2D eigenvalue weighted by Crippen LogP contribution is -2.27. The lowest BCUT2D eigenvalue weighted by atomic mass is 9.95. The second-order valence-corrected chi connectivity index (χ2v) is 7.04. The Morgan fingerprint density at radius 3 is 2.38 bits per heavy atom. The first-order valence-corrected chi connectivity index (χ1v) is 8.22. The van der Waals surface area contributed by atoms with E-state index in [1.807, 2.05) is 26.8 Å². The third kappa shape index (κ3) is 3.48. The number of hydrogen-bond acceptors (Lipinski definition) is 5. The van der Waals surface area contributed by atoms with Crippen molar-refractivity contribution in [3.05, 3.63) is 42.5 Å². The molecule has 26 heavy (non-hydrogen) atoms. The molecule has 0 saturated carbocycles. The summed E-state index contributed by atoms with van der Waals surface area (Å²) in [6, 6.07) is 12.5. The lowest BCUT2D eigenvalue weighted by molar-refractivity contribution is -0.123. The number of fused-ring (bicyclic) bond motifs is 1. The van der Waals surface area contributed by atoms with E-state index in [2.05, 4.69) is 15.8 Å². The summed E-state index contributed by atoms with van der Waals surface area (Å²) in [5, 5.41) is 13.3. The molecule has 0 bridgehead atoms. The van der Waals surface area contributed by atoms with Crippen LogP contribution in [0, 0.1) is 5.41 Å². The van der Waals surface area contributed by atoms with Gasteiger partial charge in [-0.3, -0.25) is 15.1 Å². The second kappa shape index (κ2) is 6.68. The number of carbonyl (C=O) groups excluding carboxylic acids is 1. The number of aromatic nitrogens is 2. The van der Waals surface area contributed by atoms with Crippen LogP contribution in [0.3, 0.4) is 0 Å². The number of rotatable bonds is 4. The molecule has 136 valence electrons. The van der Waals surface area contributed by atoms with E-state index in [0.29, 0.717) is 28.2 Å². The molecule has 0 radical (unpaired) electrons. The maximum Gasteiger partial charge on any atom is 0.229 e. The van der Waals surface area contributed by atoms with Gasteiger partial charge in [-0.05, 0) is 42.5 Å². The summed E-state index contributed by atoms with van der Waals surface area (Å²) in [5.41, 5.74) is 5.62. The normalized spacial score (nSPS) is 11.5. The highest BCUT2D eigenvalue weighted by atomic mass is 16.6. The number of hydrogen-bond donors (Lipinski definition) is 3. The predicted octanol–water partition coefficient (Wildman–Crippen LogP) is 3.90. The SMILES string of the molecule is CONc1ccc2nc(-c3ccc(NC(=O)C(C)(C)C)cc3)n(O)c2c1. The van der Waals surface area contributed by atoms with Gasteiger partial charge >= 0.3 is 0 Å². The molecule has 0 unspecified atom stereocenters. The number of imidazole rings is 1. The van der Waals surface area contributed by atoms with Crippen LogP contribution in [0.1, 0.15) is 20.8 Å². The minimum absolute atomic E-state index is 0.0576. The van der Waals surface area contributed by atoms with Crippen LogP contribution < -0.4 is 10.8 Å². The van der Waals surface area contributed by atoms with Crippen molar-refractivity contribution in [1.29, 1.82) is 0 Å². The molecular weight excluding hydrogens is 332 g/mol. The maximum atomic E-state index is 12.1. The highest BCUT2D eigenvalue weighted by Crippen LogP contribution is 2.27. The molecule has 0 aliphatic carbocycles. The van der Waals surface area contributed by atoms with Crippen molar-refractivity contribution in [2.45, 2.75) is 20.8 Å². The average Bonchev–Trinajstić information content (AvgIpc) is 2.92. The van der Waals surface area contributed by atoms with E-state index in [9.17, 15) is 10.0 Å². The Morgan fingerprint density at radius 1 is 1.12 bits per heavy atom. The van der Waals surface area contributed by atoms with E-state index in [4.69, 9.17) is 4.84 Å². The van der Waals surface area contributed by atoms with E-state index in [-0.39, 0.29) is 5.91 Å². The third-order valence-electron chi connectivity index (χ3n) is 3.93. The van der Waals surface area contributed by atoms with E-state index < -0.39 is 5.41 Å². The van der Waals surface area contributed by atoms with Gasteiger partial charge in [0, 0.05) is 16.7 Å². The lowest BCUT2D eigenvalue weighted by Gasteiger charge is -2.17. The quantitative estimate of drug-likeness (QED) is 0.488. The molecule has 0 aliphatic rings. The van der Waals surface area contributed by atoms with E-state index in [1.54, 1.807) is 36.4 Å². The van der Waals surface area contributed by atoms with Crippen LogP contribution >= 0.6 is 0 Å². The number of nitrogens with zero attached hydrogens (tertiary/aromatic N) is 2. The van der Waals surface area contributed by atoms with Crippen LogP contribution in [0.4, 0.5) is 11.4 Å². The highest BCUT2D eigenvalue weighted by molar-refractivity contribution is 5.94. The van der Waals surface area contributed by atoms with Gasteiger partial charge in [0.2, 0.25) is 5.91 Å². The van der Waals surface area contributed by atoms with Crippen molar-refractivity contribution in [1.82, 2.24) is 9.71 Å². The highest BCUT2D eigenvalue weighted by Gasteiger charge is 2.21. The zero-order valence-electron chi connectivity index (χ0n) is 15.2. The molecule has 0 spiro atoms. The number of nitrogens with one attached hydrogen (secondary N) is 2. The molecule has 3 aromatic rings. The molecule has 1 amide bonds. The van der Waals surface area contributed by atoms with Gasteiger partial charge in [0.05, 0.1) is 18.3 Å². The Hall–Kier alpha value is -3.06. The summed E-state index contributed by atoms with van der Waals surface area (Å²) in [6.07, 6.45) is 0. The first kappa shape index (κ1) is 17.8. The van der Waals surface area contributed by atoms with Crippen LogP contribution in [-0.2, 0) is 9.63 Å². The van der Waals surface area contributed by atoms with Gasteiger partial charge in [0.15, 0.2) is 5.82 Å². The monoisotopic (exact) mass is 354 g/mol. The molecule has 3 rings (SSSR count). The van der Waals surface area contributed by atoms with Crippen LogP contribution in [-0.4, -0.2) is 27.9 Å². The molecule has 3 N–H and O–H groups in total. The smallest absolute Gasteiger partial charge is 0.229 e.